The fourth-order valence-electron chi connectivity index (χ4n) is 3.77. The summed E-state index contributed by atoms with van der Waals surface area (Å²) in [4.78, 5) is 25.7. The molecule has 1 aromatic rings. The molecule has 28 heavy (non-hydrogen) atoms. The SMILES string of the molecule is CC(=O)N1C[C@@H](CCC(=O)NCCS(=O)(=O)NCC2CCC2)c2ccccc21. The number of nitrogens with zero attached hydrogens (tertiary/aromatic N) is 1. The highest BCUT2D eigenvalue weighted by Gasteiger charge is 2.30. The number of para-hydroxylation sites is 1. The topological polar surface area (TPSA) is 95.6 Å². The van der Waals surface area contributed by atoms with E-state index in [2.05, 4.69) is 10.0 Å². The first-order valence-corrected chi connectivity index (χ1v) is 11.6. The predicted molar refractivity (Wildman–Crippen MR) is 109 cm³/mol. The van der Waals surface area contributed by atoms with Crippen LogP contribution in [0, 0.1) is 5.92 Å². The minimum absolute atomic E-state index is 0.000918. The van der Waals surface area contributed by atoms with Crippen LogP contribution in [0.1, 0.15) is 50.5 Å². The first-order valence-electron chi connectivity index (χ1n) is 9.97. The van der Waals surface area contributed by atoms with Crippen LogP contribution < -0.4 is 14.9 Å². The molecule has 1 fully saturated rings. The number of nitrogens with one attached hydrogen (secondary N) is 2. The Morgan fingerprint density at radius 3 is 2.64 bits per heavy atom. The Bertz CT molecular complexity index is 820. The Balaban J connectivity index is 1.40. The van der Waals surface area contributed by atoms with Crippen molar-refractivity contribution in [3.05, 3.63) is 29.8 Å². The van der Waals surface area contributed by atoms with Crippen LogP contribution in [-0.2, 0) is 19.6 Å². The van der Waals surface area contributed by atoms with E-state index in [4.69, 9.17) is 0 Å². The summed E-state index contributed by atoms with van der Waals surface area (Å²) in [6, 6.07) is 7.78. The van der Waals surface area contributed by atoms with Crippen molar-refractivity contribution >= 4 is 27.5 Å². The Kier molecular flexibility index (Phi) is 6.72. The van der Waals surface area contributed by atoms with E-state index in [-0.39, 0.29) is 30.0 Å². The van der Waals surface area contributed by atoms with E-state index in [0.29, 0.717) is 31.8 Å². The zero-order valence-electron chi connectivity index (χ0n) is 16.3. The van der Waals surface area contributed by atoms with Crippen LogP contribution in [0.15, 0.2) is 24.3 Å². The average Bonchev–Trinajstić information content (AvgIpc) is 2.97. The van der Waals surface area contributed by atoms with Crippen molar-refractivity contribution < 1.29 is 18.0 Å². The molecule has 154 valence electrons. The monoisotopic (exact) mass is 407 g/mol. The molecular weight excluding hydrogens is 378 g/mol. The molecule has 0 bridgehead atoms. The van der Waals surface area contributed by atoms with Gasteiger partial charge in [-0.1, -0.05) is 24.6 Å². The molecule has 1 aliphatic carbocycles. The summed E-state index contributed by atoms with van der Waals surface area (Å²) in [6.45, 7) is 2.75. The molecule has 0 radical (unpaired) electrons. The van der Waals surface area contributed by atoms with Crippen LogP contribution in [0.3, 0.4) is 0 Å². The van der Waals surface area contributed by atoms with Crippen molar-refractivity contribution in [1.29, 1.82) is 0 Å². The summed E-state index contributed by atoms with van der Waals surface area (Å²) in [5.74, 6) is 0.328. The van der Waals surface area contributed by atoms with E-state index in [1.807, 2.05) is 24.3 Å². The maximum Gasteiger partial charge on any atom is 0.223 e. The van der Waals surface area contributed by atoms with Crippen LogP contribution in [0.2, 0.25) is 0 Å². The lowest BCUT2D eigenvalue weighted by Crippen LogP contribution is -2.37. The number of hydrogen-bond acceptors (Lipinski definition) is 4. The predicted octanol–water partition coefficient (Wildman–Crippen LogP) is 1.75. The van der Waals surface area contributed by atoms with Crippen LogP contribution >= 0.6 is 0 Å². The van der Waals surface area contributed by atoms with Gasteiger partial charge >= 0.3 is 0 Å². The lowest BCUT2D eigenvalue weighted by Gasteiger charge is -2.25. The van der Waals surface area contributed by atoms with Crippen molar-refractivity contribution in [2.45, 2.75) is 44.9 Å². The molecule has 3 rings (SSSR count). The molecule has 1 aliphatic heterocycles. The fraction of sp³-hybridized carbons (Fsp3) is 0.600. The average molecular weight is 408 g/mol. The quantitative estimate of drug-likeness (QED) is 0.652. The molecule has 0 unspecified atom stereocenters. The second kappa shape index (κ2) is 9.05. The van der Waals surface area contributed by atoms with Crippen molar-refractivity contribution in [2.75, 3.05) is 30.3 Å². The van der Waals surface area contributed by atoms with Gasteiger partial charge in [-0.2, -0.15) is 0 Å². The van der Waals surface area contributed by atoms with Gasteiger partial charge < -0.3 is 10.2 Å². The molecule has 0 aromatic heterocycles. The summed E-state index contributed by atoms with van der Waals surface area (Å²) in [5, 5.41) is 2.70. The molecule has 1 saturated carbocycles. The van der Waals surface area contributed by atoms with Gasteiger partial charge in [0, 0.05) is 44.6 Å². The fourth-order valence-corrected chi connectivity index (χ4v) is 4.78. The van der Waals surface area contributed by atoms with Gasteiger partial charge in [0.15, 0.2) is 0 Å². The van der Waals surface area contributed by atoms with Crippen LogP contribution in [0.5, 0.6) is 0 Å². The Labute approximate surface area is 166 Å². The first kappa shape index (κ1) is 20.8. The van der Waals surface area contributed by atoms with E-state index >= 15 is 0 Å². The highest BCUT2D eigenvalue weighted by molar-refractivity contribution is 7.89. The maximum absolute atomic E-state index is 12.1. The van der Waals surface area contributed by atoms with E-state index in [9.17, 15) is 18.0 Å². The number of carbonyl (C=O) groups excluding carboxylic acids is 2. The Hall–Kier alpha value is -1.93. The number of benzene rings is 1. The summed E-state index contributed by atoms with van der Waals surface area (Å²) >= 11 is 0. The number of anilines is 1. The highest BCUT2D eigenvalue weighted by Crippen LogP contribution is 2.38. The summed E-state index contributed by atoms with van der Waals surface area (Å²) in [7, 11) is -3.34. The minimum atomic E-state index is -3.34. The number of fused-ring (bicyclic) bond motifs is 1. The third-order valence-electron chi connectivity index (χ3n) is 5.68. The minimum Gasteiger partial charge on any atom is -0.355 e. The third-order valence-corrected chi connectivity index (χ3v) is 7.03. The second-order valence-corrected chi connectivity index (χ2v) is 9.66. The van der Waals surface area contributed by atoms with Crippen molar-refractivity contribution in [3.63, 3.8) is 0 Å². The van der Waals surface area contributed by atoms with E-state index in [0.717, 1.165) is 24.1 Å². The third kappa shape index (κ3) is 5.32. The number of amides is 2. The molecule has 7 nitrogen and oxygen atoms in total. The van der Waals surface area contributed by atoms with Gasteiger partial charge in [0.05, 0.1) is 5.75 Å². The van der Waals surface area contributed by atoms with Crippen molar-refractivity contribution in [2.24, 2.45) is 5.92 Å². The molecule has 1 heterocycles. The van der Waals surface area contributed by atoms with Gasteiger partial charge in [0.25, 0.3) is 0 Å². The van der Waals surface area contributed by atoms with Gasteiger partial charge in [-0.3, -0.25) is 9.59 Å². The zero-order valence-corrected chi connectivity index (χ0v) is 17.1. The zero-order chi connectivity index (χ0) is 20.1. The van der Waals surface area contributed by atoms with Gasteiger partial charge in [-0.25, -0.2) is 13.1 Å². The molecule has 2 aliphatic rings. The normalized spacial score (nSPS) is 19.2. The summed E-state index contributed by atoms with van der Waals surface area (Å²) in [6.07, 6.45) is 4.28. The molecule has 1 aromatic carbocycles. The number of sulfonamides is 1. The molecule has 0 saturated heterocycles. The maximum atomic E-state index is 12.1. The molecular formula is C20H29N3O4S. The molecule has 8 heteroatoms. The molecule has 0 spiro atoms. The Morgan fingerprint density at radius 1 is 1.21 bits per heavy atom. The summed E-state index contributed by atoms with van der Waals surface area (Å²) < 4.78 is 26.5. The van der Waals surface area contributed by atoms with E-state index in [1.54, 1.807) is 11.8 Å². The van der Waals surface area contributed by atoms with Gasteiger partial charge in [-0.05, 0) is 36.8 Å². The smallest absolute Gasteiger partial charge is 0.223 e. The van der Waals surface area contributed by atoms with Crippen LogP contribution in [0.25, 0.3) is 0 Å². The number of rotatable bonds is 9. The van der Waals surface area contributed by atoms with Gasteiger partial charge in [0.2, 0.25) is 21.8 Å². The molecule has 2 N–H and O–H groups in total. The summed E-state index contributed by atoms with van der Waals surface area (Å²) in [5.41, 5.74) is 2.01. The second-order valence-electron chi connectivity index (χ2n) is 7.74. The van der Waals surface area contributed by atoms with Gasteiger partial charge in [-0.15, -0.1) is 0 Å². The Morgan fingerprint density at radius 2 is 1.96 bits per heavy atom. The van der Waals surface area contributed by atoms with Crippen molar-refractivity contribution in [3.8, 4) is 0 Å². The number of hydrogen-bond donors (Lipinski definition) is 2. The standard InChI is InChI=1S/C20H29N3O4S/c1-15(24)23-14-17(18-7-2-3-8-19(18)23)9-10-20(25)21-11-12-28(26,27)22-13-16-5-4-6-16/h2-3,7-8,16-17,22H,4-6,9-14H2,1H3,(H,21,25)/t17-/m1/s1. The molecule has 2 amide bonds. The number of carbonyl (C=O) groups is 2. The van der Waals surface area contributed by atoms with Crippen LogP contribution in [0.4, 0.5) is 5.69 Å². The lowest BCUT2D eigenvalue weighted by molar-refractivity contribution is -0.121. The van der Waals surface area contributed by atoms with Gasteiger partial charge in [0.1, 0.15) is 0 Å². The van der Waals surface area contributed by atoms with Crippen LogP contribution in [-0.4, -0.2) is 45.6 Å². The molecule has 1 atom stereocenters. The lowest BCUT2D eigenvalue weighted by atomic mass is 9.86. The van der Waals surface area contributed by atoms with E-state index < -0.39 is 10.0 Å². The van der Waals surface area contributed by atoms with Crippen molar-refractivity contribution in [1.82, 2.24) is 10.0 Å². The largest absolute Gasteiger partial charge is 0.355 e. The highest BCUT2D eigenvalue weighted by atomic mass is 32.2. The van der Waals surface area contributed by atoms with E-state index in [1.165, 1.54) is 6.42 Å². The first-order chi connectivity index (χ1) is 13.4.